The topological polar surface area (TPSA) is 55.1 Å². The second-order valence-corrected chi connectivity index (χ2v) is 7.92. The van der Waals surface area contributed by atoms with Crippen molar-refractivity contribution >= 4 is 22.9 Å². The molecule has 3 aromatic rings. The highest BCUT2D eigenvalue weighted by molar-refractivity contribution is 7.15. The van der Waals surface area contributed by atoms with E-state index in [1.165, 1.54) is 0 Å². The average molecular weight is 340 g/mol. The van der Waals surface area contributed by atoms with Crippen LogP contribution in [0.4, 0.5) is 5.69 Å². The van der Waals surface area contributed by atoms with E-state index in [-0.39, 0.29) is 5.91 Å². The number of nitrogens with zero attached hydrogens (tertiary/aromatic N) is 1. The number of thiazole rings is 1. The summed E-state index contributed by atoms with van der Waals surface area (Å²) in [7, 11) is 0. The van der Waals surface area contributed by atoms with Crippen LogP contribution in [0.1, 0.15) is 25.6 Å². The summed E-state index contributed by atoms with van der Waals surface area (Å²) in [5.41, 5.74) is 3.37. The van der Waals surface area contributed by atoms with E-state index in [1.54, 1.807) is 23.9 Å². The van der Waals surface area contributed by atoms with Crippen LogP contribution in [0.2, 0.25) is 0 Å². The van der Waals surface area contributed by atoms with E-state index in [9.17, 15) is 4.79 Å². The second kappa shape index (κ2) is 6.24. The Morgan fingerprint density at radius 2 is 1.83 bits per heavy atom. The smallest absolute Gasteiger partial charge is 0.229 e. The van der Waals surface area contributed by atoms with Crippen molar-refractivity contribution in [3.63, 3.8) is 0 Å². The normalized spacial score (nSPS) is 11.5. The van der Waals surface area contributed by atoms with Crippen molar-refractivity contribution in [3.8, 4) is 21.8 Å². The minimum Gasteiger partial charge on any atom is -0.472 e. The number of rotatable bonds is 3. The van der Waals surface area contributed by atoms with E-state index in [2.05, 4.69) is 12.2 Å². The summed E-state index contributed by atoms with van der Waals surface area (Å²) in [5.74, 6) is 0.00216. The molecule has 2 aromatic heterocycles. The molecule has 0 spiro atoms. The Kier molecular flexibility index (Phi) is 4.28. The van der Waals surface area contributed by atoms with Gasteiger partial charge in [-0.05, 0) is 25.1 Å². The number of hydrogen-bond donors (Lipinski definition) is 1. The van der Waals surface area contributed by atoms with Gasteiger partial charge in [0.2, 0.25) is 5.91 Å². The summed E-state index contributed by atoms with van der Waals surface area (Å²) >= 11 is 1.64. The Bertz CT molecular complexity index is 841. The molecule has 5 heteroatoms. The molecule has 1 N–H and O–H groups in total. The van der Waals surface area contributed by atoms with Gasteiger partial charge in [-0.1, -0.05) is 32.9 Å². The van der Waals surface area contributed by atoms with Gasteiger partial charge in [-0.3, -0.25) is 4.79 Å². The van der Waals surface area contributed by atoms with Crippen LogP contribution in [0.25, 0.3) is 21.8 Å². The zero-order chi connectivity index (χ0) is 17.3. The van der Waals surface area contributed by atoms with E-state index >= 15 is 0 Å². The zero-order valence-corrected chi connectivity index (χ0v) is 15.0. The van der Waals surface area contributed by atoms with Crippen LogP contribution in [-0.2, 0) is 4.79 Å². The summed E-state index contributed by atoms with van der Waals surface area (Å²) < 4.78 is 5.13. The van der Waals surface area contributed by atoms with Crippen LogP contribution in [0.3, 0.4) is 0 Å². The second-order valence-electron chi connectivity index (χ2n) is 6.72. The first-order valence-corrected chi connectivity index (χ1v) is 8.58. The number of aromatic nitrogens is 1. The molecular formula is C19H20N2O2S. The molecule has 0 aliphatic carbocycles. The van der Waals surface area contributed by atoms with Crippen molar-refractivity contribution in [1.82, 2.24) is 4.98 Å². The number of carbonyl (C=O) groups excluding carboxylic acids is 1. The van der Waals surface area contributed by atoms with Gasteiger partial charge in [0, 0.05) is 27.1 Å². The number of furan rings is 1. The molecule has 124 valence electrons. The third-order valence-electron chi connectivity index (χ3n) is 3.66. The van der Waals surface area contributed by atoms with Crippen LogP contribution < -0.4 is 5.32 Å². The molecule has 0 fully saturated rings. The van der Waals surface area contributed by atoms with Gasteiger partial charge >= 0.3 is 0 Å². The number of anilines is 1. The Labute approximate surface area is 145 Å². The van der Waals surface area contributed by atoms with Gasteiger partial charge in [-0.25, -0.2) is 4.98 Å². The lowest BCUT2D eigenvalue weighted by atomic mass is 9.95. The molecule has 4 nitrogen and oxygen atoms in total. The van der Waals surface area contributed by atoms with Crippen molar-refractivity contribution in [3.05, 3.63) is 47.7 Å². The van der Waals surface area contributed by atoms with Gasteiger partial charge in [0.15, 0.2) is 0 Å². The molecule has 24 heavy (non-hydrogen) atoms. The molecule has 0 saturated heterocycles. The first-order valence-electron chi connectivity index (χ1n) is 7.76. The van der Waals surface area contributed by atoms with Crippen molar-refractivity contribution in [2.24, 2.45) is 5.41 Å². The van der Waals surface area contributed by atoms with E-state index in [1.807, 2.05) is 51.1 Å². The van der Waals surface area contributed by atoms with Gasteiger partial charge in [-0.15, -0.1) is 11.3 Å². The van der Waals surface area contributed by atoms with E-state index in [0.29, 0.717) is 0 Å². The lowest BCUT2D eigenvalue weighted by molar-refractivity contribution is -0.123. The van der Waals surface area contributed by atoms with Crippen LogP contribution >= 0.6 is 11.3 Å². The quantitative estimate of drug-likeness (QED) is 0.698. The Balaban J connectivity index is 1.83. The molecule has 0 unspecified atom stereocenters. The Morgan fingerprint density at radius 3 is 2.42 bits per heavy atom. The maximum absolute atomic E-state index is 12.0. The molecule has 0 atom stereocenters. The van der Waals surface area contributed by atoms with Gasteiger partial charge < -0.3 is 9.73 Å². The maximum Gasteiger partial charge on any atom is 0.229 e. The number of carbonyl (C=O) groups is 1. The molecule has 3 rings (SSSR count). The molecule has 0 saturated carbocycles. The minimum absolute atomic E-state index is 0.00216. The highest BCUT2D eigenvalue weighted by Gasteiger charge is 2.21. The average Bonchev–Trinajstić information content (AvgIpc) is 3.16. The monoisotopic (exact) mass is 340 g/mol. The molecule has 0 bridgehead atoms. The third kappa shape index (κ3) is 3.41. The highest BCUT2D eigenvalue weighted by atomic mass is 32.1. The van der Waals surface area contributed by atoms with E-state index < -0.39 is 5.41 Å². The molecule has 0 aliphatic heterocycles. The molecular weight excluding hydrogens is 320 g/mol. The first kappa shape index (κ1) is 16.5. The van der Waals surface area contributed by atoms with Crippen molar-refractivity contribution in [2.45, 2.75) is 27.7 Å². The molecule has 1 aromatic carbocycles. The van der Waals surface area contributed by atoms with Crippen molar-refractivity contribution in [1.29, 1.82) is 0 Å². The molecule has 2 heterocycles. The summed E-state index contributed by atoms with van der Waals surface area (Å²) in [6, 6.07) is 9.71. The van der Waals surface area contributed by atoms with E-state index in [0.717, 1.165) is 32.4 Å². The number of aryl methyl sites for hydroxylation is 1. The largest absolute Gasteiger partial charge is 0.472 e. The van der Waals surface area contributed by atoms with Gasteiger partial charge in [0.1, 0.15) is 11.3 Å². The first-order chi connectivity index (χ1) is 11.3. The summed E-state index contributed by atoms with van der Waals surface area (Å²) in [6.07, 6.45) is 3.35. The summed E-state index contributed by atoms with van der Waals surface area (Å²) in [5, 5.41) is 3.88. The van der Waals surface area contributed by atoms with Crippen LogP contribution in [0.5, 0.6) is 0 Å². The zero-order valence-electron chi connectivity index (χ0n) is 14.2. The predicted octanol–water partition coefficient (Wildman–Crippen LogP) is 5.36. The third-order valence-corrected chi connectivity index (χ3v) is 4.68. The Hall–Kier alpha value is -2.40. The highest BCUT2D eigenvalue weighted by Crippen LogP contribution is 2.33. The van der Waals surface area contributed by atoms with Crippen LogP contribution in [-0.4, -0.2) is 10.9 Å². The van der Waals surface area contributed by atoms with Crippen LogP contribution in [0, 0.1) is 12.3 Å². The predicted molar refractivity (Wildman–Crippen MR) is 98.1 cm³/mol. The molecule has 0 radical (unpaired) electrons. The fourth-order valence-electron chi connectivity index (χ4n) is 2.20. The lowest BCUT2D eigenvalue weighted by Gasteiger charge is -2.17. The fourth-order valence-corrected chi connectivity index (χ4v) is 3.13. The van der Waals surface area contributed by atoms with Gasteiger partial charge in [-0.2, -0.15) is 0 Å². The lowest BCUT2D eigenvalue weighted by Crippen LogP contribution is -2.27. The van der Waals surface area contributed by atoms with Crippen LogP contribution in [0.15, 0.2) is 47.3 Å². The van der Waals surface area contributed by atoms with Gasteiger partial charge in [0.25, 0.3) is 0 Å². The molecule has 0 aliphatic rings. The number of benzene rings is 1. The van der Waals surface area contributed by atoms with Crippen molar-refractivity contribution < 1.29 is 9.21 Å². The minimum atomic E-state index is -0.413. The van der Waals surface area contributed by atoms with Crippen molar-refractivity contribution in [2.75, 3.05) is 5.32 Å². The van der Waals surface area contributed by atoms with E-state index in [4.69, 9.17) is 9.40 Å². The fraction of sp³-hybridized carbons (Fsp3) is 0.263. The Morgan fingerprint density at radius 1 is 1.12 bits per heavy atom. The number of amides is 1. The summed E-state index contributed by atoms with van der Waals surface area (Å²) in [4.78, 5) is 17.9. The van der Waals surface area contributed by atoms with Gasteiger partial charge in [0.05, 0.1) is 12.0 Å². The SMILES string of the molecule is Cc1sc(-c2ccoc2)nc1-c1ccc(NC(=O)C(C)(C)C)cc1. The standard InChI is InChI=1S/C19H20N2O2S/c1-12-16(21-17(24-12)14-9-10-23-11-14)13-5-7-15(8-6-13)20-18(22)19(2,3)4/h5-11H,1-4H3,(H,20,22). The number of hydrogen-bond acceptors (Lipinski definition) is 4. The molecule has 1 amide bonds. The maximum atomic E-state index is 12.0. The number of nitrogens with one attached hydrogen (secondary N) is 1. The summed E-state index contributed by atoms with van der Waals surface area (Å²) in [6.45, 7) is 7.75.